The van der Waals surface area contributed by atoms with Crippen molar-refractivity contribution in [1.29, 1.82) is 0 Å². The summed E-state index contributed by atoms with van der Waals surface area (Å²) in [4.78, 5) is 12.1. The minimum atomic E-state index is -4.11. The van der Waals surface area contributed by atoms with Gasteiger partial charge >= 0.3 is 0 Å². The molecule has 5 N–H and O–H groups in total. The molecule has 1 aliphatic heterocycles. The Kier molecular flexibility index (Phi) is 4.86. The van der Waals surface area contributed by atoms with Gasteiger partial charge in [0.1, 0.15) is 24.6 Å². The fourth-order valence-corrected chi connectivity index (χ4v) is 2.94. The quantitative estimate of drug-likeness (QED) is 0.344. The van der Waals surface area contributed by atoms with E-state index in [1.165, 1.54) is 17.2 Å². The molecule has 0 saturated carbocycles. The largest absolute Gasteiger partial charge is 0.394 e. The molecule has 1 saturated heterocycles. The summed E-state index contributed by atoms with van der Waals surface area (Å²) in [6, 6.07) is 0. The highest BCUT2D eigenvalue weighted by Gasteiger charge is 2.44. The lowest BCUT2D eigenvalue weighted by atomic mass is 10.1. The summed E-state index contributed by atoms with van der Waals surface area (Å²) in [7, 11) is -4.11. The maximum atomic E-state index is 10.8. The summed E-state index contributed by atoms with van der Waals surface area (Å²) in [5.74, 6) is -0.271. The van der Waals surface area contributed by atoms with Gasteiger partial charge in [0.15, 0.2) is 23.2 Å². The molecule has 12 nitrogen and oxygen atoms in total. The molecule has 0 bridgehead atoms. The first-order valence-electron chi connectivity index (χ1n) is 7.31. The summed E-state index contributed by atoms with van der Waals surface area (Å²) in [5.41, 5.74) is 0.565. The zero-order valence-electron chi connectivity index (χ0n) is 12.8. The highest BCUT2D eigenvalue weighted by molar-refractivity contribution is 7.85. The van der Waals surface area contributed by atoms with E-state index in [-0.39, 0.29) is 23.5 Å². The highest BCUT2D eigenvalue weighted by Crippen LogP contribution is 2.31. The van der Waals surface area contributed by atoms with Gasteiger partial charge in [-0.05, 0) is 0 Å². The minimum Gasteiger partial charge on any atom is -0.394 e. The predicted molar refractivity (Wildman–Crippen MR) is 83.2 cm³/mol. The summed E-state index contributed by atoms with van der Waals surface area (Å²) in [5, 5.41) is 31.8. The van der Waals surface area contributed by atoms with Gasteiger partial charge in [0, 0.05) is 6.54 Å². The van der Waals surface area contributed by atoms with Crippen molar-refractivity contribution < 1.29 is 33.0 Å². The van der Waals surface area contributed by atoms with Crippen molar-refractivity contribution in [3.8, 4) is 0 Å². The predicted octanol–water partition coefficient (Wildman–Crippen LogP) is -2.26. The number of hydrogen-bond acceptors (Lipinski definition) is 10. The number of fused-ring (bicyclic) bond motifs is 1. The van der Waals surface area contributed by atoms with Crippen LogP contribution in [-0.2, 0) is 14.9 Å². The second kappa shape index (κ2) is 6.78. The first-order valence-corrected chi connectivity index (χ1v) is 8.92. The second-order valence-electron chi connectivity index (χ2n) is 5.49. The summed E-state index contributed by atoms with van der Waals surface area (Å²) in [6.45, 7) is -0.551. The molecule has 2 aromatic rings. The van der Waals surface area contributed by atoms with Gasteiger partial charge < -0.3 is 25.4 Å². The van der Waals surface area contributed by atoms with Crippen LogP contribution < -0.4 is 5.32 Å². The van der Waals surface area contributed by atoms with E-state index in [0.717, 1.165) is 0 Å². The molecule has 3 heterocycles. The number of imidazole rings is 1. The van der Waals surface area contributed by atoms with Gasteiger partial charge in [0.05, 0.1) is 18.7 Å². The number of rotatable bonds is 6. The number of nitrogens with zero attached hydrogens (tertiary/aromatic N) is 4. The van der Waals surface area contributed by atoms with Crippen LogP contribution in [0.25, 0.3) is 11.2 Å². The van der Waals surface area contributed by atoms with E-state index in [1.54, 1.807) is 0 Å². The van der Waals surface area contributed by atoms with Crippen LogP contribution in [0.5, 0.6) is 0 Å². The van der Waals surface area contributed by atoms with Crippen molar-refractivity contribution in [1.82, 2.24) is 19.5 Å². The fraction of sp³-hybridized carbons (Fsp3) is 0.583. The van der Waals surface area contributed by atoms with Crippen LogP contribution in [0.15, 0.2) is 12.7 Å². The van der Waals surface area contributed by atoms with Crippen molar-refractivity contribution in [2.75, 3.05) is 24.2 Å². The smallest absolute Gasteiger partial charge is 0.266 e. The Hall–Kier alpha value is -1.90. The molecule has 0 aliphatic carbocycles. The van der Waals surface area contributed by atoms with Crippen LogP contribution in [0.2, 0.25) is 0 Å². The summed E-state index contributed by atoms with van der Waals surface area (Å²) in [6.07, 6.45) is -1.96. The number of aliphatic hydroxyl groups excluding tert-OH is 3. The molecule has 4 atom stereocenters. The topological polar surface area (TPSA) is 180 Å². The lowest BCUT2D eigenvalue weighted by Gasteiger charge is -2.16. The Morgan fingerprint density at radius 2 is 2.00 bits per heavy atom. The minimum absolute atomic E-state index is 0.0916. The van der Waals surface area contributed by atoms with Gasteiger partial charge in [-0.1, -0.05) is 0 Å². The molecule has 138 valence electrons. The number of anilines is 1. The molecule has 0 amide bonds. The van der Waals surface area contributed by atoms with E-state index in [4.69, 9.17) is 14.4 Å². The first kappa shape index (κ1) is 17.9. The molecule has 2 aromatic heterocycles. The third-order valence-electron chi connectivity index (χ3n) is 3.80. The van der Waals surface area contributed by atoms with E-state index in [0.29, 0.717) is 0 Å². The average Bonchev–Trinajstić information content (AvgIpc) is 3.09. The van der Waals surface area contributed by atoms with Crippen LogP contribution in [-0.4, -0.2) is 85.0 Å². The standard InChI is InChI=1S/C12H17N5O7S/c18-3-6-8(19)9(20)12(24-6)17-5-16-7-10(14-4-15-11(7)17)13-1-2-25(21,22)23/h4-6,8-9,12,18-20H,1-3H2,(H,13,14,15)(H,21,22,23)/t6-,8?,9?,12-/m1/s1. The van der Waals surface area contributed by atoms with Crippen molar-refractivity contribution >= 4 is 27.1 Å². The molecule has 0 spiro atoms. The number of aliphatic hydroxyl groups is 3. The molecule has 25 heavy (non-hydrogen) atoms. The Bertz CT molecular complexity index is 857. The second-order valence-corrected chi connectivity index (χ2v) is 7.06. The van der Waals surface area contributed by atoms with Crippen molar-refractivity contribution in [3.63, 3.8) is 0 Å². The normalized spacial score (nSPS) is 27.0. The van der Waals surface area contributed by atoms with Gasteiger partial charge in [-0.15, -0.1) is 0 Å². The van der Waals surface area contributed by atoms with Crippen LogP contribution in [0, 0.1) is 0 Å². The summed E-state index contributed by atoms with van der Waals surface area (Å²) >= 11 is 0. The number of nitrogens with one attached hydrogen (secondary N) is 1. The maximum absolute atomic E-state index is 10.8. The third kappa shape index (κ3) is 3.56. The molecule has 0 aromatic carbocycles. The maximum Gasteiger partial charge on any atom is 0.266 e. The zero-order valence-corrected chi connectivity index (χ0v) is 13.6. The van der Waals surface area contributed by atoms with Crippen molar-refractivity contribution in [2.45, 2.75) is 24.5 Å². The zero-order chi connectivity index (χ0) is 18.2. The molecule has 2 unspecified atom stereocenters. The van der Waals surface area contributed by atoms with Crippen LogP contribution in [0.4, 0.5) is 5.82 Å². The van der Waals surface area contributed by atoms with Gasteiger partial charge in [-0.2, -0.15) is 8.42 Å². The molecule has 1 aliphatic rings. The average molecular weight is 375 g/mol. The molecule has 1 fully saturated rings. The molecular formula is C12H17N5O7S. The van der Waals surface area contributed by atoms with Crippen molar-refractivity contribution in [2.24, 2.45) is 0 Å². The summed E-state index contributed by atoms with van der Waals surface area (Å²) < 4.78 is 37.1. The third-order valence-corrected chi connectivity index (χ3v) is 4.52. The van der Waals surface area contributed by atoms with Gasteiger partial charge in [-0.25, -0.2) is 15.0 Å². The van der Waals surface area contributed by atoms with Gasteiger partial charge in [0.25, 0.3) is 10.1 Å². The van der Waals surface area contributed by atoms with Crippen LogP contribution >= 0.6 is 0 Å². The van der Waals surface area contributed by atoms with Crippen LogP contribution in [0.3, 0.4) is 0 Å². The van der Waals surface area contributed by atoms with Crippen molar-refractivity contribution in [3.05, 3.63) is 12.7 Å². The lowest BCUT2D eigenvalue weighted by Crippen LogP contribution is -2.33. The molecule has 0 radical (unpaired) electrons. The Morgan fingerprint density at radius 3 is 2.64 bits per heavy atom. The number of ether oxygens (including phenoxy) is 1. The van der Waals surface area contributed by atoms with Gasteiger partial charge in [-0.3, -0.25) is 9.12 Å². The Labute approximate surface area is 141 Å². The Balaban J connectivity index is 1.86. The van der Waals surface area contributed by atoms with E-state index < -0.39 is 47.0 Å². The number of aromatic nitrogens is 4. The molecular weight excluding hydrogens is 358 g/mol. The Morgan fingerprint density at radius 1 is 1.24 bits per heavy atom. The fourth-order valence-electron chi connectivity index (χ4n) is 2.58. The number of hydrogen-bond donors (Lipinski definition) is 5. The molecule has 13 heteroatoms. The SMILES string of the molecule is O=S(=O)(O)CCNc1ncnc2c1ncn2[C@@H]1O[C@H](CO)C(O)C1O. The molecule has 3 rings (SSSR count). The monoisotopic (exact) mass is 375 g/mol. The highest BCUT2D eigenvalue weighted by atomic mass is 32.2. The lowest BCUT2D eigenvalue weighted by molar-refractivity contribution is -0.0511. The first-order chi connectivity index (χ1) is 11.8. The van der Waals surface area contributed by atoms with E-state index in [9.17, 15) is 18.6 Å². The van der Waals surface area contributed by atoms with Gasteiger partial charge in [0.2, 0.25) is 0 Å². The van der Waals surface area contributed by atoms with E-state index in [2.05, 4.69) is 20.3 Å². The van der Waals surface area contributed by atoms with E-state index in [1.807, 2.05) is 0 Å². The van der Waals surface area contributed by atoms with Crippen LogP contribution in [0.1, 0.15) is 6.23 Å². The van der Waals surface area contributed by atoms with E-state index >= 15 is 0 Å².